The molecule has 2 heterocycles. The van der Waals surface area contributed by atoms with Crippen LogP contribution in [0, 0.1) is 0 Å². The van der Waals surface area contributed by atoms with Gasteiger partial charge in [0, 0.05) is 30.7 Å². The van der Waals surface area contributed by atoms with Crippen LogP contribution in [0.1, 0.15) is 45.0 Å². The maximum absolute atomic E-state index is 4.30. The fourth-order valence-electron chi connectivity index (χ4n) is 2.31. The van der Waals surface area contributed by atoms with E-state index in [9.17, 15) is 0 Å². The summed E-state index contributed by atoms with van der Waals surface area (Å²) >= 11 is 0. The summed E-state index contributed by atoms with van der Waals surface area (Å²) in [6.45, 7) is 10.1. The Bertz CT molecular complexity index is 346. The zero-order valence-electron chi connectivity index (χ0n) is 9.70. The molecule has 0 bridgehead atoms. The van der Waals surface area contributed by atoms with Crippen molar-refractivity contribution in [2.75, 3.05) is 0 Å². The van der Waals surface area contributed by atoms with Crippen molar-refractivity contribution in [1.29, 1.82) is 0 Å². The van der Waals surface area contributed by atoms with Gasteiger partial charge in [0.1, 0.15) is 0 Å². The molecule has 1 atom stereocenters. The van der Waals surface area contributed by atoms with Crippen molar-refractivity contribution in [3.05, 3.63) is 17.5 Å². The summed E-state index contributed by atoms with van der Waals surface area (Å²) in [6.07, 6.45) is 2.01. The second kappa shape index (κ2) is 2.83. The van der Waals surface area contributed by atoms with Crippen molar-refractivity contribution in [2.24, 2.45) is 7.05 Å². The summed E-state index contributed by atoms with van der Waals surface area (Å²) in [5.74, 6) is 0. The maximum atomic E-state index is 4.30. The summed E-state index contributed by atoms with van der Waals surface area (Å²) in [5, 5.41) is 4.30. The minimum Gasteiger partial charge on any atom is -0.286 e. The van der Waals surface area contributed by atoms with Gasteiger partial charge in [-0.1, -0.05) is 0 Å². The second-order valence-corrected chi connectivity index (χ2v) is 5.14. The molecule has 1 aromatic rings. The van der Waals surface area contributed by atoms with Crippen molar-refractivity contribution in [1.82, 2.24) is 14.7 Å². The van der Waals surface area contributed by atoms with E-state index in [1.807, 2.05) is 17.9 Å². The number of aryl methyl sites for hydroxylation is 1. The molecule has 0 radical (unpaired) electrons. The number of nitrogens with zero attached hydrogens (tertiary/aromatic N) is 3. The third-order valence-electron chi connectivity index (χ3n) is 3.19. The number of rotatable bonds is 0. The quantitative estimate of drug-likeness (QED) is 0.629. The largest absolute Gasteiger partial charge is 0.286 e. The summed E-state index contributed by atoms with van der Waals surface area (Å²) in [6, 6.07) is 0.499. The van der Waals surface area contributed by atoms with E-state index in [1.54, 1.807) is 0 Å². The lowest BCUT2D eigenvalue weighted by molar-refractivity contribution is 0.0976. The van der Waals surface area contributed by atoms with E-state index in [2.05, 4.69) is 37.7 Å². The lowest BCUT2D eigenvalue weighted by Crippen LogP contribution is -2.39. The van der Waals surface area contributed by atoms with Crippen molar-refractivity contribution < 1.29 is 0 Å². The second-order valence-electron chi connectivity index (χ2n) is 5.14. The molecule has 0 aromatic carbocycles. The van der Waals surface area contributed by atoms with Gasteiger partial charge < -0.3 is 0 Å². The number of hydrogen-bond donors (Lipinski definition) is 0. The van der Waals surface area contributed by atoms with Crippen LogP contribution in [0.15, 0.2) is 6.20 Å². The Morgan fingerprint density at radius 1 is 1.43 bits per heavy atom. The molecule has 0 aliphatic carbocycles. The molecule has 0 N–H and O–H groups in total. The average molecular weight is 193 g/mol. The Labute approximate surface area is 85.7 Å². The van der Waals surface area contributed by atoms with E-state index in [0.717, 1.165) is 6.54 Å². The molecule has 0 fully saturated rings. The topological polar surface area (TPSA) is 21.1 Å². The van der Waals surface area contributed by atoms with Crippen LogP contribution < -0.4 is 0 Å². The fourth-order valence-corrected chi connectivity index (χ4v) is 2.31. The van der Waals surface area contributed by atoms with Crippen LogP contribution in [0.3, 0.4) is 0 Å². The van der Waals surface area contributed by atoms with E-state index in [0.29, 0.717) is 6.04 Å². The first kappa shape index (κ1) is 9.71. The van der Waals surface area contributed by atoms with Crippen LogP contribution in [0.2, 0.25) is 0 Å². The minimum absolute atomic E-state index is 0.235. The molecule has 0 unspecified atom stereocenters. The molecule has 0 saturated carbocycles. The van der Waals surface area contributed by atoms with Crippen LogP contribution in [0.4, 0.5) is 0 Å². The Hall–Kier alpha value is -0.830. The van der Waals surface area contributed by atoms with Crippen LogP contribution in [0.5, 0.6) is 0 Å². The molecule has 78 valence electrons. The van der Waals surface area contributed by atoms with Gasteiger partial charge in [-0.25, -0.2) is 0 Å². The minimum atomic E-state index is 0.235. The maximum Gasteiger partial charge on any atom is 0.0569 e. The number of hydrogen-bond acceptors (Lipinski definition) is 2. The van der Waals surface area contributed by atoms with Gasteiger partial charge in [0.2, 0.25) is 0 Å². The van der Waals surface area contributed by atoms with Gasteiger partial charge >= 0.3 is 0 Å². The van der Waals surface area contributed by atoms with E-state index in [-0.39, 0.29) is 5.54 Å². The van der Waals surface area contributed by atoms with Gasteiger partial charge in [0.05, 0.1) is 11.9 Å². The Kier molecular flexibility index (Phi) is 1.96. The molecule has 14 heavy (non-hydrogen) atoms. The van der Waals surface area contributed by atoms with Gasteiger partial charge in [0.25, 0.3) is 0 Å². The molecule has 3 heteroatoms. The smallest absolute Gasteiger partial charge is 0.0569 e. The molecule has 0 spiro atoms. The van der Waals surface area contributed by atoms with Gasteiger partial charge in [0.15, 0.2) is 0 Å². The van der Waals surface area contributed by atoms with Crippen molar-refractivity contribution in [3.63, 3.8) is 0 Å². The van der Waals surface area contributed by atoms with E-state index in [4.69, 9.17) is 0 Å². The Balaban J connectivity index is 2.35. The normalized spacial score (nSPS) is 22.8. The summed E-state index contributed by atoms with van der Waals surface area (Å²) < 4.78 is 2.00. The summed E-state index contributed by atoms with van der Waals surface area (Å²) in [5.41, 5.74) is 2.99. The third kappa shape index (κ3) is 1.27. The molecular weight excluding hydrogens is 174 g/mol. The molecule has 3 nitrogen and oxygen atoms in total. The van der Waals surface area contributed by atoms with Gasteiger partial charge in [-0.05, 0) is 27.7 Å². The van der Waals surface area contributed by atoms with Crippen molar-refractivity contribution in [2.45, 2.75) is 45.8 Å². The first-order chi connectivity index (χ1) is 6.41. The first-order valence-corrected chi connectivity index (χ1v) is 5.19. The van der Waals surface area contributed by atoms with Crippen molar-refractivity contribution >= 4 is 0 Å². The van der Waals surface area contributed by atoms with Gasteiger partial charge in [-0.3, -0.25) is 9.58 Å². The molecule has 1 aromatic heterocycles. The van der Waals surface area contributed by atoms with Gasteiger partial charge in [-0.2, -0.15) is 5.10 Å². The summed E-state index contributed by atoms with van der Waals surface area (Å²) in [7, 11) is 2.03. The molecule has 2 rings (SSSR count). The first-order valence-electron chi connectivity index (χ1n) is 5.19. The predicted molar refractivity (Wildman–Crippen MR) is 56.9 cm³/mol. The Morgan fingerprint density at radius 3 is 2.57 bits per heavy atom. The predicted octanol–water partition coefficient (Wildman–Crippen LogP) is 2.10. The van der Waals surface area contributed by atoms with Crippen molar-refractivity contribution in [3.8, 4) is 0 Å². The van der Waals surface area contributed by atoms with Crippen LogP contribution in [0.25, 0.3) is 0 Å². The summed E-state index contributed by atoms with van der Waals surface area (Å²) in [4.78, 5) is 2.51. The molecule has 1 aliphatic heterocycles. The highest BCUT2D eigenvalue weighted by Crippen LogP contribution is 2.37. The fraction of sp³-hybridized carbons (Fsp3) is 0.727. The standard InChI is InChI=1S/C11H19N3/c1-8-9-6-12-13(5)10(9)7-14(8)11(2,3)4/h6,8H,7H2,1-5H3/t8-/m0/s1. The van der Waals surface area contributed by atoms with Crippen LogP contribution >= 0.6 is 0 Å². The zero-order chi connectivity index (χ0) is 10.5. The SMILES string of the molecule is C[C@H]1c2cnn(C)c2CN1C(C)(C)C. The average Bonchev–Trinajstić information content (AvgIpc) is 2.54. The molecule has 0 saturated heterocycles. The number of aromatic nitrogens is 2. The zero-order valence-corrected chi connectivity index (χ0v) is 9.70. The van der Waals surface area contributed by atoms with Gasteiger partial charge in [-0.15, -0.1) is 0 Å². The molecular formula is C11H19N3. The number of fused-ring (bicyclic) bond motifs is 1. The monoisotopic (exact) mass is 193 g/mol. The van der Waals surface area contributed by atoms with Crippen LogP contribution in [-0.2, 0) is 13.6 Å². The van der Waals surface area contributed by atoms with E-state index in [1.165, 1.54) is 11.3 Å². The highest BCUT2D eigenvalue weighted by molar-refractivity contribution is 5.27. The highest BCUT2D eigenvalue weighted by Gasteiger charge is 2.35. The third-order valence-corrected chi connectivity index (χ3v) is 3.19. The van der Waals surface area contributed by atoms with E-state index >= 15 is 0 Å². The highest BCUT2D eigenvalue weighted by atomic mass is 15.3. The van der Waals surface area contributed by atoms with Crippen LogP contribution in [-0.4, -0.2) is 20.2 Å². The molecule has 0 amide bonds. The lowest BCUT2D eigenvalue weighted by atomic mass is 10.0. The van der Waals surface area contributed by atoms with E-state index < -0.39 is 0 Å². The Morgan fingerprint density at radius 2 is 2.07 bits per heavy atom. The lowest BCUT2D eigenvalue weighted by Gasteiger charge is -2.35. The molecule has 1 aliphatic rings.